The molecule has 2 N–H and O–H groups in total. The number of halogens is 1. The summed E-state index contributed by atoms with van der Waals surface area (Å²) in [6.45, 7) is 7.67. The normalized spacial score (nSPS) is 17.4. The van der Waals surface area contributed by atoms with E-state index in [9.17, 15) is 0 Å². The van der Waals surface area contributed by atoms with Crippen molar-refractivity contribution in [2.75, 3.05) is 11.4 Å². The number of anilines is 1. The van der Waals surface area contributed by atoms with Crippen molar-refractivity contribution in [3.05, 3.63) is 28.8 Å². The average molecular weight is 309 g/mol. The van der Waals surface area contributed by atoms with E-state index >= 15 is 0 Å². The smallest absolute Gasteiger partial charge is 0.0642 e. The van der Waals surface area contributed by atoms with Crippen LogP contribution in [0.25, 0.3) is 0 Å². The van der Waals surface area contributed by atoms with Gasteiger partial charge in [-0.1, -0.05) is 44.4 Å². The van der Waals surface area contributed by atoms with Crippen molar-refractivity contribution < 1.29 is 0 Å². The number of nitrogens with zero attached hydrogens (tertiary/aromatic N) is 1. The molecule has 3 heteroatoms. The van der Waals surface area contributed by atoms with Crippen molar-refractivity contribution in [2.24, 2.45) is 11.7 Å². The topological polar surface area (TPSA) is 29.3 Å². The summed E-state index contributed by atoms with van der Waals surface area (Å²) in [6, 6.07) is 7.02. The first kappa shape index (κ1) is 16.6. The lowest BCUT2D eigenvalue weighted by Crippen LogP contribution is -2.35. The fraction of sp³-hybridized carbons (Fsp3) is 0.667. The maximum absolute atomic E-state index is 6.56. The lowest BCUT2D eigenvalue weighted by Gasteiger charge is -2.33. The van der Waals surface area contributed by atoms with E-state index in [-0.39, 0.29) is 6.04 Å². The van der Waals surface area contributed by atoms with Gasteiger partial charge in [0.25, 0.3) is 0 Å². The molecule has 0 aromatic heterocycles. The highest BCUT2D eigenvalue weighted by molar-refractivity contribution is 6.33. The quantitative estimate of drug-likeness (QED) is 0.787. The van der Waals surface area contributed by atoms with Crippen LogP contribution in [0.5, 0.6) is 0 Å². The Bertz CT molecular complexity index is 451. The highest BCUT2D eigenvalue weighted by Crippen LogP contribution is 2.34. The fourth-order valence-corrected chi connectivity index (χ4v) is 3.45. The third-order valence-electron chi connectivity index (χ3n) is 4.52. The lowest BCUT2D eigenvalue weighted by molar-refractivity contribution is 0.528. The molecule has 1 aromatic rings. The van der Waals surface area contributed by atoms with Crippen molar-refractivity contribution >= 4 is 17.3 Å². The number of rotatable bonds is 6. The molecule has 1 atom stereocenters. The molecule has 118 valence electrons. The van der Waals surface area contributed by atoms with E-state index < -0.39 is 0 Å². The molecular formula is C18H29ClN2. The maximum Gasteiger partial charge on any atom is 0.0642 e. The van der Waals surface area contributed by atoms with Crippen molar-refractivity contribution in [3.63, 3.8) is 0 Å². The molecule has 0 spiro atoms. The first-order valence-corrected chi connectivity index (χ1v) is 8.68. The molecule has 21 heavy (non-hydrogen) atoms. The second-order valence-corrected chi connectivity index (χ2v) is 7.22. The van der Waals surface area contributed by atoms with E-state index in [1.54, 1.807) is 0 Å². The van der Waals surface area contributed by atoms with Gasteiger partial charge in [0.1, 0.15) is 0 Å². The van der Waals surface area contributed by atoms with Crippen molar-refractivity contribution in [2.45, 2.75) is 65.0 Å². The van der Waals surface area contributed by atoms with Crippen LogP contribution >= 0.6 is 11.6 Å². The second kappa shape index (κ2) is 7.51. The molecular weight excluding hydrogens is 280 g/mol. The Morgan fingerprint density at radius 3 is 2.43 bits per heavy atom. The minimum Gasteiger partial charge on any atom is -0.367 e. The Morgan fingerprint density at radius 1 is 1.24 bits per heavy atom. The molecule has 0 aliphatic heterocycles. The number of hydrogen-bond acceptors (Lipinski definition) is 2. The molecule has 1 saturated carbocycles. The summed E-state index contributed by atoms with van der Waals surface area (Å²) in [4.78, 5) is 2.54. The third-order valence-corrected chi connectivity index (χ3v) is 4.82. The van der Waals surface area contributed by atoms with Gasteiger partial charge in [-0.05, 0) is 49.8 Å². The van der Waals surface area contributed by atoms with Crippen molar-refractivity contribution in [1.82, 2.24) is 0 Å². The van der Waals surface area contributed by atoms with Gasteiger partial charge in [-0.15, -0.1) is 0 Å². The van der Waals surface area contributed by atoms with Crippen molar-refractivity contribution in [1.29, 1.82) is 0 Å². The van der Waals surface area contributed by atoms with Crippen LogP contribution < -0.4 is 10.6 Å². The standard InChI is InChI=1S/C18H29ClN2/c1-13(2)10-11-21(16-6-4-5-7-16)18-9-8-15(14(3)20)12-17(18)19/h8-9,12-14,16H,4-7,10-11,20H2,1-3H3/t14-/m1/s1. The van der Waals surface area contributed by atoms with Gasteiger partial charge in [-0.2, -0.15) is 0 Å². The van der Waals surface area contributed by atoms with E-state index in [4.69, 9.17) is 17.3 Å². The summed E-state index contributed by atoms with van der Waals surface area (Å²) in [5, 5.41) is 0.848. The zero-order valence-corrected chi connectivity index (χ0v) is 14.4. The first-order valence-electron chi connectivity index (χ1n) is 8.30. The zero-order valence-electron chi connectivity index (χ0n) is 13.6. The second-order valence-electron chi connectivity index (χ2n) is 6.81. The van der Waals surface area contributed by atoms with Crippen LogP contribution in [-0.4, -0.2) is 12.6 Å². The largest absolute Gasteiger partial charge is 0.367 e. The van der Waals surface area contributed by atoms with E-state index in [1.807, 2.05) is 13.0 Å². The molecule has 0 radical (unpaired) electrons. The number of hydrogen-bond donors (Lipinski definition) is 1. The Labute approximate surface area is 134 Å². The van der Waals surface area contributed by atoms with Gasteiger partial charge in [0.15, 0.2) is 0 Å². The summed E-state index contributed by atoms with van der Waals surface area (Å²) in [7, 11) is 0. The minimum absolute atomic E-state index is 0.0344. The van der Waals surface area contributed by atoms with Crippen LogP contribution in [0.4, 0.5) is 5.69 Å². The Balaban J connectivity index is 2.22. The van der Waals surface area contributed by atoms with E-state index in [2.05, 4.69) is 30.9 Å². The predicted molar refractivity (Wildman–Crippen MR) is 93.1 cm³/mol. The molecule has 1 aromatic carbocycles. The monoisotopic (exact) mass is 308 g/mol. The first-order chi connectivity index (χ1) is 9.99. The third kappa shape index (κ3) is 4.37. The SMILES string of the molecule is CC(C)CCN(c1ccc([C@@H](C)N)cc1Cl)C1CCCC1. The van der Waals surface area contributed by atoms with Gasteiger partial charge in [0.05, 0.1) is 10.7 Å². The van der Waals surface area contributed by atoms with Crippen LogP contribution in [-0.2, 0) is 0 Å². The summed E-state index contributed by atoms with van der Waals surface area (Å²) in [5.74, 6) is 0.719. The van der Waals surface area contributed by atoms with Crippen LogP contribution in [0, 0.1) is 5.92 Å². The molecule has 0 unspecified atom stereocenters. The highest BCUT2D eigenvalue weighted by Gasteiger charge is 2.24. The van der Waals surface area contributed by atoms with Crippen LogP contribution in [0.2, 0.25) is 5.02 Å². The zero-order chi connectivity index (χ0) is 15.4. The van der Waals surface area contributed by atoms with Gasteiger partial charge >= 0.3 is 0 Å². The van der Waals surface area contributed by atoms with Gasteiger partial charge < -0.3 is 10.6 Å². The summed E-state index contributed by atoms with van der Waals surface area (Å²) < 4.78 is 0. The molecule has 0 heterocycles. The molecule has 1 fully saturated rings. The molecule has 1 aliphatic carbocycles. The van der Waals surface area contributed by atoms with Gasteiger partial charge in [-0.3, -0.25) is 0 Å². The van der Waals surface area contributed by atoms with Gasteiger partial charge in [0.2, 0.25) is 0 Å². The van der Waals surface area contributed by atoms with Crippen LogP contribution in [0.1, 0.15) is 64.5 Å². The van der Waals surface area contributed by atoms with Crippen LogP contribution in [0.3, 0.4) is 0 Å². The van der Waals surface area contributed by atoms with Gasteiger partial charge in [0, 0.05) is 18.6 Å². The molecule has 1 aliphatic rings. The van der Waals surface area contributed by atoms with Crippen LogP contribution in [0.15, 0.2) is 18.2 Å². The predicted octanol–water partition coefficient (Wildman–Crippen LogP) is 5.15. The maximum atomic E-state index is 6.56. The van der Waals surface area contributed by atoms with Gasteiger partial charge in [-0.25, -0.2) is 0 Å². The Morgan fingerprint density at radius 2 is 1.90 bits per heavy atom. The minimum atomic E-state index is 0.0344. The molecule has 0 saturated heterocycles. The summed E-state index contributed by atoms with van der Waals surface area (Å²) >= 11 is 6.56. The highest BCUT2D eigenvalue weighted by atomic mass is 35.5. The Hall–Kier alpha value is -0.730. The number of nitrogens with two attached hydrogens (primary N) is 1. The summed E-state index contributed by atoms with van der Waals surface area (Å²) in [6.07, 6.45) is 6.49. The van der Waals surface area contributed by atoms with E-state index in [0.29, 0.717) is 6.04 Å². The molecule has 2 rings (SSSR count). The van der Waals surface area contributed by atoms with E-state index in [1.165, 1.54) is 37.8 Å². The number of benzene rings is 1. The summed E-state index contributed by atoms with van der Waals surface area (Å²) in [5.41, 5.74) is 8.26. The molecule has 2 nitrogen and oxygen atoms in total. The van der Waals surface area contributed by atoms with E-state index in [0.717, 1.165) is 23.0 Å². The average Bonchev–Trinajstić information content (AvgIpc) is 2.94. The molecule has 0 bridgehead atoms. The molecule has 0 amide bonds. The Kier molecular flexibility index (Phi) is 5.95. The fourth-order valence-electron chi connectivity index (χ4n) is 3.15. The lowest BCUT2D eigenvalue weighted by atomic mass is 10.1. The van der Waals surface area contributed by atoms with Crippen molar-refractivity contribution in [3.8, 4) is 0 Å².